The molecule has 0 atom stereocenters. The molecule has 0 unspecified atom stereocenters. The maximum Gasteiger partial charge on any atom is 0.142 e. The van der Waals surface area contributed by atoms with E-state index in [0.717, 1.165) is 23.6 Å². The van der Waals surface area contributed by atoms with Gasteiger partial charge in [-0.15, -0.1) is 0 Å². The third-order valence-corrected chi connectivity index (χ3v) is 1.61. The van der Waals surface area contributed by atoms with Crippen LogP contribution < -0.4 is 5.32 Å². The monoisotopic (exact) mass is 151 g/mol. The molecule has 3 heteroatoms. The average molecular weight is 151 g/mol. The SMILES string of the molecule is CNCc1ncc(C)c(C)n1. The fourth-order valence-corrected chi connectivity index (χ4v) is 0.819. The number of aromatic nitrogens is 2. The van der Waals surface area contributed by atoms with Gasteiger partial charge in [0.05, 0.1) is 6.54 Å². The predicted octanol–water partition coefficient (Wildman–Crippen LogP) is 0.813. The molecule has 60 valence electrons. The van der Waals surface area contributed by atoms with Gasteiger partial charge in [0.15, 0.2) is 0 Å². The van der Waals surface area contributed by atoms with Crippen molar-refractivity contribution in [1.82, 2.24) is 15.3 Å². The fourth-order valence-electron chi connectivity index (χ4n) is 0.819. The van der Waals surface area contributed by atoms with Crippen molar-refractivity contribution < 1.29 is 0 Å². The minimum absolute atomic E-state index is 0.737. The van der Waals surface area contributed by atoms with E-state index in [9.17, 15) is 0 Å². The van der Waals surface area contributed by atoms with E-state index in [2.05, 4.69) is 15.3 Å². The van der Waals surface area contributed by atoms with Crippen LogP contribution in [0, 0.1) is 13.8 Å². The van der Waals surface area contributed by atoms with Gasteiger partial charge in [-0.3, -0.25) is 0 Å². The van der Waals surface area contributed by atoms with Gasteiger partial charge >= 0.3 is 0 Å². The van der Waals surface area contributed by atoms with Crippen molar-refractivity contribution in [1.29, 1.82) is 0 Å². The first-order chi connectivity index (χ1) is 5.24. The van der Waals surface area contributed by atoms with E-state index in [4.69, 9.17) is 0 Å². The van der Waals surface area contributed by atoms with Crippen LogP contribution in [0.2, 0.25) is 0 Å². The van der Waals surface area contributed by atoms with Crippen molar-refractivity contribution in [3.63, 3.8) is 0 Å². The van der Waals surface area contributed by atoms with Gasteiger partial charge in [-0.25, -0.2) is 9.97 Å². The molecule has 0 aliphatic heterocycles. The van der Waals surface area contributed by atoms with Crippen LogP contribution in [0.5, 0.6) is 0 Å². The lowest BCUT2D eigenvalue weighted by atomic mass is 10.3. The molecule has 1 N–H and O–H groups in total. The molecule has 0 aliphatic rings. The number of rotatable bonds is 2. The minimum atomic E-state index is 0.737. The van der Waals surface area contributed by atoms with Crippen molar-refractivity contribution in [3.8, 4) is 0 Å². The number of aryl methyl sites for hydroxylation is 2. The van der Waals surface area contributed by atoms with Crippen LogP contribution in [0.25, 0.3) is 0 Å². The van der Waals surface area contributed by atoms with Crippen LogP contribution >= 0.6 is 0 Å². The molecule has 0 fully saturated rings. The number of hydrogen-bond acceptors (Lipinski definition) is 3. The highest BCUT2D eigenvalue weighted by molar-refractivity contribution is 5.13. The van der Waals surface area contributed by atoms with Gasteiger partial charge in [0, 0.05) is 11.9 Å². The van der Waals surface area contributed by atoms with Crippen LogP contribution in [0.4, 0.5) is 0 Å². The molecule has 3 nitrogen and oxygen atoms in total. The minimum Gasteiger partial charge on any atom is -0.313 e. The second kappa shape index (κ2) is 3.44. The van der Waals surface area contributed by atoms with Crippen LogP contribution in [-0.2, 0) is 6.54 Å². The molecule has 11 heavy (non-hydrogen) atoms. The molecule has 0 saturated heterocycles. The normalized spacial score (nSPS) is 10.1. The van der Waals surface area contributed by atoms with E-state index in [-0.39, 0.29) is 0 Å². The smallest absolute Gasteiger partial charge is 0.142 e. The Morgan fingerprint density at radius 1 is 1.45 bits per heavy atom. The Balaban J connectivity index is 2.86. The first-order valence-corrected chi connectivity index (χ1v) is 3.67. The third-order valence-electron chi connectivity index (χ3n) is 1.61. The molecule has 1 aromatic heterocycles. The first kappa shape index (κ1) is 8.14. The largest absolute Gasteiger partial charge is 0.313 e. The molecular formula is C8H13N3. The maximum atomic E-state index is 4.29. The summed E-state index contributed by atoms with van der Waals surface area (Å²) >= 11 is 0. The maximum absolute atomic E-state index is 4.29. The van der Waals surface area contributed by atoms with Gasteiger partial charge in [-0.1, -0.05) is 0 Å². The lowest BCUT2D eigenvalue weighted by molar-refractivity contribution is 0.750. The lowest BCUT2D eigenvalue weighted by Gasteiger charge is -2.01. The average Bonchev–Trinajstić information content (AvgIpc) is 1.98. The van der Waals surface area contributed by atoms with Crippen molar-refractivity contribution >= 4 is 0 Å². The zero-order valence-corrected chi connectivity index (χ0v) is 7.18. The molecule has 1 aromatic rings. The van der Waals surface area contributed by atoms with E-state index in [1.54, 1.807) is 0 Å². The molecule has 1 heterocycles. The molecule has 1 rings (SSSR count). The molecule has 0 aromatic carbocycles. The summed E-state index contributed by atoms with van der Waals surface area (Å²) in [4.78, 5) is 8.44. The van der Waals surface area contributed by atoms with E-state index in [1.807, 2.05) is 27.1 Å². The van der Waals surface area contributed by atoms with E-state index in [0.29, 0.717) is 0 Å². The van der Waals surface area contributed by atoms with Gasteiger partial charge in [-0.2, -0.15) is 0 Å². The Labute approximate surface area is 66.9 Å². The van der Waals surface area contributed by atoms with Crippen molar-refractivity contribution in [2.24, 2.45) is 0 Å². The number of hydrogen-bond donors (Lipinski definition) is 1. The third kappa shape index (κ3) is 1.98. The van der Waals surface area contributed by atoms with Crippen LogP contribution in [0.15, 0.2) is 6.20 Å². The number of nitrogens with one attached hydrogen (secondary N) is 1. The van der Waals surface area contributed by atoms with E-state index in [1.165, 1.54) is 0 Å². The summed E-state index contributed by atoms with van der Waals surface area (Å²) in [5.74, 6) is 0.857. The predicted molar refractivity (Wildman–Crippen MR) is 44.3 cm³/mol. The van der Waals surface area contributed by atoms with Crippen LogP contribution in [0.3, 0.4) is 0 Å². The van der Waals surface area contributed by atoms with E-state index < -0.39 is 0 Å². The Hall–Kier alpha value is -0.960. The molecule has 0 bridgehead atoms. The second-order valence-corrected chi connectivity index (χ2v) is 2.58. The Morgan fingerprint density at radius 3 is 2.73 bits per heavy atom. The summed E-state index contributed by atoms with van der Waals surface area (Å²) < 4.78 is 0. The van der Waals surface area contributed by atoms with Gasteiger partial charge in [0.25, 0.3) is 0 Å². The van der Waals surface area contributed by atoms with Gasteiger partial charge in [-0.05, 0) is 26.5 Å². The quantitative estimate of drug-likeness (QED) is 0.679. The molecule has 0 saturated carbocycles. The fraction of sp³-hybridized carbons (Fsp3) is 0.500. The summed E-state index contributed by atoms with van der Waals surface area (Å²) in [6.07, 6.45) is 1.86. The zero-order chi connectivity index (χ0) is 8.27. The van der Waals surface area contributed by atoms with E-state index >= 15 is 0 Å². The molecule has 0 aliphatic carbocycles. The Morgan fingerprint density at radius 2 is 2.18 bits per heavy atom. The van der Waals surface area contributed by atoms with Crippen molar-refractivity contribution in [2.75, 3.05) is 7.05 Å². The Kier molecular flexibility index (Phi) is 2.54. The van der Waals surface area contributed by atoms with Crippen molar-refractivity contribution in [2.45, 2.75) is 20.4 Å². The zero-order valence-electron chi connectivity index (χ0n) is 7.18. The van der Waals surface area contributed by atoms with Gasteiger partial charge in [0.1, 0.15) is 5.82 Å². The second-order valence-electron chi connectivity index (χ2n) is 2.58. The standard InChI is InChI=1S/C8H13N3/c1-6-4-10-8(5-9-3)11-7(6)2/h4,9H,5H2,1-3H3. The summed E-state index contributed by atoms with van der Waals surface area (Å²) in [5.41, 5.74) is 2.20. The first-order valence-electron chi connectivity index (χ1n) is 3.67. The highest BCUT2D eigenvalue weighted by atomic mass is 14.9. The highest BCUT2D eigenvalue weighted by Gasteiger charge is 1.96. The molecular weight excluding hydrogens is 138 g/mol. The highest BCUT2D eigenvalue weighted by Crippen LogP contribution is 2.00. The summed E-state index contributed by atoms with van der Waals surface area (Å²) in [5, 5.41) is 3.01. The Bertz CT molecular complexity index is 245. The van der Waals surface area contributed by atoms with Gasteiger partial charge in [0.2, 0.25) is 0 Å². The molecule has 0 spiro atoms. The topological polar surface area (TPSA) is 37.8 Å². The van der Waals surface area contributed by atoms with Crippen LogP contribution in [-0.4, -0.2) is 17.0 Å². The summed E-state index contributed by atoms with van der Waals surface area (Å²) in [6.45, 7) is 4.75. The summed E-state index contributed by atoms with van der Waals surface area (Å²) in [6, 6.07) is 0. The summed E-state index contributed by atoms with van der Waals surface area (Å²) in [7, 11) is 1.89. The molecule has 0 radical (unpaired) electrons. The number of nitrogens with zero attached hydrogens (tertiary/aromatic N) is 2. The van der Waals surface area contributed by atoms with Crippen LogP contribution in [0.1, 0.15) is 17.1 Å². The van der Waals surface area contributed by atoms with Gasteiger partial charge < -0.3 is 5.32 Å². The van der Waals surface area contributed by atoms with Crippen molar-refractivity contribution in [3.05, 3.63) is 23.3 Å². The lowest BCUT2D eigenvalue weighted by Crippen LogP contribution is -2.09. The molecule has 0 amide bonds.